The molecule has 0 saturated carbocycles. The van der Waals surface area contributed by atoms with Gasteiger partial charge in [0.05, 0.1) is 0 Å². The number of aromatic nitrogens is 2. The van der Waals surface area contributed by atoms with E-state index in [-0.39, 0.29) is 18.3 Å². The van der Waals surface area contributed by atoms with Gasteiger partial charge in [-0.25, -0.2) is 0 Å². The molecule has 21 heavy (non-hydrogen) atoms. The third kappa shape index (κ3) is 3.76. The molecule has 0 spiro atoms. The standard InChI is InChI=1S/C15H20N4O.ClH/c1-9(2)14-8-13(18-19(14)4)15(20)17-12-7-11(16)6-5-10(12)3;/h5-9H,16H2,1-4H3,(H,17,20);1H. The first-order chi connectivity index (χ1) is 9.38. The molecule has 1 heterocycles. The molecule has 0 bridgehead atoms. The number of carbonyl (C=O) groups is 1. The van der Waals surface area contributed by atoms with Gasteiger partial charge in [0.2, 0.25) is 0 Å². The van der Waals surface area contributed by atoms with Crippen LogP contribution < -0.4 is 11.1 Å². The van der Waals surface area contributed by atoms with Crippen molar-refractivity contribution < 1.29 is 4.79 Å². The second kappa shape index (κ2) is 6.63. The van der Waals surface area contributed by atoms with Crippen LogP contribution in [-0.2, 0) is 7.05 Å². The molecule has 0 radical (unpaired) electrons. The Hall–Kier alpha value is -2.01. The van der Waals surface area contributed by atoms with E-state index < -0.39 is 0 Å². The molecule has 0 atom stereocenters. The van der Waals surface area contributed by atoms with Crippen LogP contribution in [0.1, 0.15) is 41.5 Å². The summed E-state index contributed by atoms with van der Waals surface area (Å²) in [6, 6.07) is 7.26. The summed E-state index contributed by atoms with van der Waals surface area (Å²) in [5.74, 6) is 0.101. The number of nitrogens with zero attached hydrogens (tertiary/aromatic N) is 2. The third-order valence-electron chi connectivity index (χ3n) is 3.25. The lowest BCUT2D eigenvalue weighted by atomic mass is 10.1. The fourth-order valence-electron chi connectivity index (χ4n) is 2.09. The fourth-order valence-corrected chi connectivity index (χ4v) is 2.09. The SMILES string of the molecule is Cc1ccc(N)cc1NC(=O)c1cc(C(C)C)n(C)n1.Cl. The Bertz CT molecular complexity index is 649. The highest BCUT2D eigenvalue weighted by atomic mass is 35.5. The van der Waals surface area contributed by atoms with Gasteiger partial charge in [-0.3, -0.25) is 9.48 Å². The van der Waals surface area contributed by atoms with Crippen LogP contribution in [-0.4, -0.2) is 15.7 Å². The van der Waals surface area contributed by atoms with E-state index in [1.165, 1.54) is 0 Å². The molecule has 114 valence electrons. The monoisotopic (exact) mass is 308 g/mol. The summed E-state index contributed by atoms with van der Waals surface area (Å²) < 4.78 is 1.74. The molecule has 5 nitrogen and oxygen atoms in total. The molecule has 3 N–H and O–H groups in total. The molecule has 0 fully saturated rings. The second-order valence-corrected chi connectivity index (χ2v) is 5.26. The van der Waals surface area contributed by atoms with Crippen molar-refractivity contribution in [2.45, 2.75) is 26.7 Å². The molecule has 1 aromatic heterocycles. The smallest absolute Gasteiger partial charge is 0.276 e. The molecular weight excluding hydrogens is 288 g/mol. The highest BCUT2D eigenvalue weighted by Gasteiger charge is 2.15. The fraction of sp³-hybridized carbons (Fsp3) is 0.333. The number of anilines is 2. The van der Waals surface area contributed by atoms with E-state index in [1.54, 1.807) is 10.7 Å². The quantitative estimate of drug-likeness (QED) is 0.856. The van der Waals surface area contributed by atoms with Crippen LogP contribution in [0.3, 0.4) is 0 Å². The second-order valence-electron chi connectivity index (χ2n) is 5.26. The van der Waals surface area contributed by atoms with Crippen LogP contribution in [0.5, 0.6) is 0 Å². The first-order valence-electron chi connectivity index (χ1n) is 6.60. The third-order valence-corrected chi connectivity index (χ3v) is 3.25. The van der Waals surface area contributed by atoms with E-state index >= 15 is 0 Å². The number of benzene rings is 1. The zero-order valence-corrected chi connectivity index (χ0v) is 13.5. The van der Waals surface area contributed by atoms with Crippen molar-refractivity contribution in [3.05, 3.63) is 41.2 Å². The van der Waals surface area contributed by atoms with Gasteiger partial charge >= 0.3 is 0 Å². The lowest BCUT2D eigenvalue weighted by molar-refractivity contribution is 0.102. The Labute approximate surface area is 130 Å². The summed E-state index contributed by atoms with van der Waals surface area (Å²) in [5.41, 5.74) is 9.48. The summed E-state index contributed by atoms with van der Waals surface area (Å²) >= 11 is 0. The number of nitrogens with two attached hydrogens (primary N) is 1. The van der Waals surface area contributed by atoms with Gasteiger partial charge in [-0.1, -0.05) is 19.9 Å². The maximum absolute atomic E-state index is 12.2. The van der Waals surface area contributed by atoms with Crippen molar-refractivity contribution in [1.82, 2.24) is 9.78 Å². The zero-order chi connectivity index (χ0) is 14.9. The van der Waals surface area contributed by atoms with Gasteiger partial charge in [-0.15, -0.1) is 12.4 Å². The van der Waals surface area contributed by atoms with Crippen LogP contribution in [0, 0.1) is 6.92 Å². The predicted octanol–water partition coefficient (Wildman–Crippen LogP) is 3.11. The number of hydrogen-bond donors (Lipinski definition) is 2. The van der Waals surface area contributed by atoms with Crippen molar-refractivity contribution in [3.8, 4) is 0 Å². The van der Waals surface area contributed by atoms with Gasteiger partial charge in [0.25, 0.3) is 5.91 Å². The molecule has 1 aromatic carbocycles. The average molecular weight is 309 g/mol. The normalized spacial score (nSPS) is 10.3. The van der Waals surface area contributed by atoms with Gasteiger partial charge in [-0.05, 0) is 36.6 Å². The van der Waals surface area contributed by atoms with Gasteiger partial charge < -0.3 is 11.1 Å². The van der Waals surface area contributed by atoms with E-state index in [2.05, 4.69) is 24.3 Å². The van der Waals surface area contributed by atoms with Crippen LogP contribution in [0.25, 0.3) is 0 Å². The van der Waals surface area contributed by atoms with E-state index in [9.17, 15) is 4.79 Å². The van der Waals surface area contributed by atoms with E-state index in [0.29, 0.717) is 23.0 Å². The summed E-state index contributed by atoms with van der Waals surface area (Å²) in [6.45, 7) is 6.06. The largest absolute Gasteiger partial charge is 0.399 e. The molecule has 1 amide bonds. The molecule has 2 aromatic rings. The van der Waals surface area contributed by atoms with Gasteiger partial charge in [0, 0.05) is 24.1 Å². The molecular formula is C15H21ClN4O. The minimum Gasteiger partial charge on any atom is -0.399 e. The Morgan fingerprint density at radius 3 is 2.57 bits per heavy atom. The maximum atomic E-state index is 12.2. The molecule has 0 aliphatic heterocycles. The highest BCUT2D eigenvalue weighted by Crippen LogP contribution is 2.20. The first-order valence-corrected chi connectivity index (χ1v) is 6.60. The summed E-state index contributed by atoms with van der Waals surface area (Å²) in [4.78, 5) is 12.2. The molecule has 0 unspecified atom stereocenters. The molecule has 0 aliphatic carbocycles. The van der Waals surface area contributed by atoms with Crippen molar-refractivity contribution in [3.63, 3.8) is 0 Å². The van der Waals surface area contributed by atoms with Gasteiger partial charge in [-0.2, -0.15) is 5.10 Å². The number of rotatable bonds is 3. The minimum absolute atomic E-state index is 0. The van der Waals surface area contributed by atoms with Crippen LogP contribution in [0.2, 0.25) is 0 Å². The first kappa shape index (κ1) is 17.0. The Morgan fingerprint density at radius 2 is 2.00 bits per heavy atom. The van der Waals surface area contributed by atoms with Crippen molar-refractivity contribution in [1.29, 1.82) is 0 Å². The zero-order valence-electron chi connectivity index (χ0n) is 12.7. The maximum Gasteiger partial charge on any atom is 0.276 e. The lowest BCUT2D eigenvalue weighted by Gasteiger charge is -2.07. The number of hydrogen-bond acceptors (Lipinski definition) is 3. The lowest BCUT2D eigenvalue weighted by Crippen LogP contribution is -2.14. The van der Waals surface area contributed by atoms with Crippen LogP contribution in [0.4, 0.5) is 11.4 Å². The number of nitrogens with one attached hydrogen (secondary N) is 1. The summed E-state index contributed by atoms with van der Waals surface area (Å²) in [6.07, 6.45) is 0. The number of aryl methyl sites for hydroxylation is 2. The van der Waals surface area contributed by atoms with Crippen molar-refractivity contribution >= 4 is 29.7 Å². The number of amides is 1. The average Bonchev–Trinajstić information content (AvgIpc) is 2.76. The van der Waals surface area contributed by atoms with Crippen molar-refractivity contribution in [2.24, 2.45) is 7.05 Å². The Balaban J connectivity index is 0.00000220. The van der Waals surface area contributed by atoms with E-state index in [4.69, 9.17) is 5.73 Å². The number of nitrogen functional groups attached to an aromatic ring is 1. The topological polar surface area (TPSA) is 72.9 Å². The van der Waals surface area contributed by atoms with E-state index in [0.717, 1.165) is 11.3 Å². The Kier molecular flexibility index (Phi) is 5.38. The van der Waals surface area contributed by atoms with Crippen LogP contribution in [0.15, 0.2) is 24.3 Å². The predicted molar refractivity (Wildman–Crippen MR) is 88.1 cm³/mol. The van der Waals surface area contributed by atoms with E-state index in [1.807, 2.05) is 32.2 Å². The van der Waals surface area contributed by atoms with Gasteiger partial charge in [0.15, 0.2) is 5.69 Å². The molecule has 0 aliphatic rings. The molecule has 2 rings (SSSR count). The molecule has 6 heteroatoms. The minimum atomic E-state index is -0.221. The van der Waals surface area contributed by atoms with Gasteiger partial charge in [0.1, 0.15) is 0 Å². The highest BCUT2D eigenvalue weighted by molar-refractivity contribution is 6.03. The number of halogens is 1. The molecule has 0 saturated heterocycles. The van der Waals surface area contributed by atoms with Crippen LogP contribution >= 0.6 is 12.4 Å². The Morgan fingerprint density at radius 1 is 1.33 bits per heavy atom. The summed E-state index contributed by atoms with van der Waals surface area (Å²) in [5, 5.41) is 7.11. The van der Waals surface area contributed by atoms with Crippen molar-refractivity contribution in [2.75, 3.05) is 11.1 Å². The number of carbonyl (C=O) groups excluding carboxylic acids is 1. The summed E-state index contributed by atoms with van der Waals surface area (Å²) in [7, 11) is 1.85.